The van der Waals surface area contributed by atoms with Gasteiger partial charge in [0, 0.05) is 35.6 Å². The fourth-order valence-electron chi connectivity index (χ4n) is 3.63. The minimum absolute atomic E-state index is 0. The number of halogens is 2. The Morgan fingerprint density at radius 2 is 1.58 bits per heavy atom. The lowest BCUT2D eigenvalue weighted by Crippen LogP contribution is -2.25. The molecule has 1 aliphatic rings. The Labute approximate surface area is 198 Å². The number of hydrogen-bond acceptors (Lipinski definition) is 2. The molecule has 0 N–H and O–H groups in total. The minimum Gasteiger partial charge on any atom is -0.294 e. The smallest absolute Gasteiger partial charge is 0.187 e. The summed E-state index contributed by atoms with van der Waals surface area (Å²) in [7, 11) is 0. The molecule has 31 heavy (non-hydrogen) atoms. The summed E-state index contributed by atoms with van der Waals surface area (Å²) in [6.45, 7) is 8.81. The van der Waals surface area contributed by atoms with Crippen molar-refractivity contribution in [2.24, 2.45) is 0 Å². The second-order valence-corrected chi connectivity index (χ2v) is 8.76. The van der Waals surface area contributed by atoms with Crippen LogP contribution < -0.4 is 0 Å². The van der Waals surface area contributed by atoms with Crippen molar-refractivity contribution < 1.29 is 4.79 Å². The van der Waals surface area contributed by atoms with E-state index in [9.17, 15) is 4.79 Å². The average Bonchev–Trinajstić information content (AvgIpc) is 3.61. The highest BCUT2D eigenvalue weighted by atomic mass is 79.9. The van der Waals surface area contributed by atoms with E-state index in [0.29, 0.717) is 18.2 Å². The Morgan fingerprint density at radius 1 is 0.935 bits per heavy atom. The molecule has 0 amide bonds. The van der Waals surface area contributed by atoms with Gasteiger partial charge in [0.15, 0.2) is 11.5 Å². The zero-order valence-corrected chi connectivity index (χ0v) is 19.5. The van der Waals surface area contributed by atoms with E-state index in [-0.39, 0.29) is 18.2 Å². The van der Waals surface area contributed by atoms with Crippen molar-refractivity contribution in [3.63, 3.8) is 0 Å². The largest absolute Gasteiger partial charge is 0.294 e. The maximum absolute atomic E-state index is 12.8. The number of carbonyl (C=O) groups excluding carboxylic acids is 1. The molecule has 4 rings (SSSR count). The zero-order chi connectivity index (χ0) is 20.9. The van der Waals surface area contributed by atoms with Crippen LogP contribution in [0.4, 0.5) is 5.69 Å². The second-order valence-electron chi connectivity index (χ2n) is 7.84. The van der Waals surface area contributed by atoms with Crippen LogP contribution >= 0.6 is 28.3 Å². The van der Waals surface area contributed by atoms with E-state index in [1.165, 1.54) is 24.0 Å². The zero-order valence-electron chi connectivity index (χ0n) is 17.1. The molecule has 0 spiro atoms. The van der Waals surface area contributed by atoms with Crippen molar-refractivity contribution >= 4 is 39.8 Å². The molecular weight excluding hydrogens is 472 g/mol. The lowest BCUT2D eigenvalue weighted by atomic mass is 10.0. The molecule has 0 unspecified atom stereocenters. The van der Waals surface area contributed by atoms with Crippen LogP contribution in [0.5, 0.6) is 0 Å². The summed E-state index contributed by atoms with van der Waals surface area (Å²) in [5, 5.41) is 0. The third-order valence-electron chi connectivity index (χ3n) is 5.43. The first-order valence-corrected chi connectivity index (χ1v) is 11.0. The first kappa shape index (κ1) is 23.2. The fourth-order valence-corrected chi connectivity index (χ4v) is 3.90. The quantitative estimate of drug-likeness (QED) is 0.248. The molecule has 0 bridgehead atoms. The van der Waals surface area contributed by atoms with Crippen molar-refractivity contribution in [1.29, 1.82) is 0 Å². The summed E-state index contributed by atoms with van der Waals surface area (Å²) in [5.41, 5.74) is 4.77. The number of Topliss-reactive ketones (excluding diaryl/α,β-unsaturated/α-hetero) is 1. The highest BCUT2D eigenvalue weighted by Crippen LogP contribution is 2.30. The van der Waals surface area contributed by atoms with Gasteiger partial charge >= 0.3 is 0 Å². The first-order chi connectivity index (χ1) is 14.6. The van der Waals surface area contributed by atoms with Gasteiger partial charge in [-0.15, -0.1) is 12.4 Å². The number of ketones is 1. The van der Waals surface area contributed by atoms with Crippen molar-refractivity contribution in [3.8, 4) is 0 Å². The van der Waals surface area contributed by atoms with Crippen molar-refractivity contribution in [2.45, 2.75) is 38.4 Å². The lowest BCUT2D eigenvalue weighted by molar-refractivity contribution is 0.0992. The van der Waals surface area contributed by atoms with Crippen LogP contribution in [0.15, 0.2) is 77.3 Å². The van der Waals surface area contributed by atoms with Gasteiger partial charge in [0.25, 0.3) is 0 Å². The van der Waals surface area contributed by atoms with E-state index in [2.05, 4.69) is 56.0 Å². The summed E-state index contributed by atoms with van der Waals surface area (Å²) in [4.78, 5) is 18.7. The highest BCUT2D eigenvalue weighted by Gasteiger charge is 2.29. The monoisotopic (exact) mass is 494 g/mol. The summed E-state index contributed by atoms with van der Waals surface area (Å²) in [6.07, 6.45) is 2.85. The van der Waals surface area contributed by atoms with Crippen LogP contribution in [0, 0.1) is 6.57 Å². The first-order valence-electron chi connectivity index (χ1n) is 10.2. The topological polar surface area (TPSA) is 24.7 Å². The molecule has 0 aliphatic heterocycles. The lowest BCUT2D eigenvalue weighted by Gasteiger charge is -2.22. The van der Waals surface area contributed by atoms with Gasteiger partial charge in [-0.3, -0.25) is 9.69 Å². The van der Waals surface area contributed by atoms with Gasteiger partial charge in [-0.05, 0) is 47.7 Å². The Hall–Kier alpha value is -2.45. The number of rotatable bonds is 8. The third kappa shape index (κ3) is 6.51. The van der Waals surface area contributed by atoms with Crippen LogP contribution in [0.25, 0.3) is 4.85 Å². The van der Waals surface area contributed by atoms with Gasteiger partial charge in [0.1, 0.15) is 0 Å². The fraction of sp³-hybridized carbons (Fsp3) is 0.231. The van der Waals surface area contributed by atoms with E-state index in [1.807, 2.05) is 30.3 Å². The number of nitrogens with zero attached hydrogens (tertiary/aromatic N) is 2. The van der Waals surface area contributed by atoms with Gasteiger partial charge in [0.2, 0.25) is 0 Å². The number of carbonyl (C=O) groups is 1. The van der Waals surface area contributed by atoms with E-state index in [4.69, 9.17) is 6.57 Å². The molecule has 1 aliphatic carbocycles. The minimum atomic E-state index is 0. The summed E-state index contributed by atoms with van der Waals surface area (Å²) in [6, 6.07) is 24.4. The number of benzene rings is 3. The van der Waals surface area contributed by atoms with Crippen LogP contribution in [0.2, 0.25) is 0 Å². The Balaban J connectivity index is 0.00000272. The molecule has 5 heteroatoms. The van der Waals surface area contributed by atoms with Gasteiger partial charge in [-0.25, -0.2) is 4.85 Å². The molecule has 0 saturated heterocycles. The molecule has 0 heterocycles. The second kappa shape index (κ2) is 10.7. The molecule has 0 radical (unpaired) electrons. The van der Waals surface area contributed by atoms with Gasteiger partial charge in [-0.2, -0.15) is 0 Å². The normalized spacial score (nSPS) is 12.8. The van der Waals surface area contributed by atoms with Crippen molar-refractivity contribution in [2.75, 3.05) is 0 Å². The van der Waals surface area contributed by atoms with Gasteiger partial charge in [-0.1, -0.05) is 70.5 Å². The maximum Gasteiger partial charge on any atom is 0.187 e. The molecule has 158 valence electrons. The van der Waals surface area contributed by atoms with Crippen molar-refractivity contribution in [1.82, 2.24) is 4.90 Å². The Kier molecular flexibility index (Phi) is 8.03. The van der Waals surface area contributed by atoms with Crippen LogP contribution in [-0.4, -0.2) is 16.7 Å². The molecule has 1 saturated carbocycles. The summed E-state index contributed by atoms with van der Waals surface area (Å²) in [5.74, 6) is 0.110. The van der Waals surface area contributed by atoms with E-state index < -0.39 is 0 Å². The van der Waals surface area contributed by atoms with E-state index >= 15 is 0 Å². The molecule has 0 aromatic heterocycles. The maximum atomic E-state index is 12.8. The molecule has 3 aromatic carbocycles. The number of hydrogen-bond donors (Lipinski definition) is 0. The van der Waals surface area contributed by atoms with Gasteiger partial charge in [0.05, 0.1) is 6.57 Å². The third-order valence-corrected chi connectivity index (χ3v) is 5.96. The van der Waals surface area contributed by atoms with Crippen LogP contribution in [0.1, 0.15) is 39.9 Å². The molecular formula is C26H24BrClN2O. The molecule has 3 nitrogen and oxygen atoms in total. The molecule has 1 fully saturated rings. The van der Waals surface area contributed by atoms with E-state index in [1.54, 1.807) is 12.1 Å². The Bertz CT molecular complexity index is 1070. The molecule has 3 aromatic rings. The van der Waals surface area contributed by atoms with Crippen LogP contribution in [-0.2, 0) is 19.5 Å². The predicted octanol–water partition coefficient (Wildman–Crippen LogP) is 7.01. The summed E-state index contributed by atoms with van der Waals surface area (Å²) < 4.78 is 1.10. The predicted molar refractivity (Wildman–Crippen MR) is 131 cm³/mol. The standard InChI is InChI=1S/C26H23BrN2O.ClH/c1-28-24-11-7-19(8-12-24)16-26(30)22-4-2-3-21(15-22)18-29(25-13-14-25)17-20-5-9-23(27)10-6-20;/h2-12,15,25H,13-14,16-18H2;1H. The van der Waals surface area contributed by atoms with Gasteiger partial charge < -0.3 is 0 Å². The molecule has 0 atom stereocenters. The highest BCUT2D eigenvalue weighted by molar-refractivity contribution is 9.10. The van der Waals surface area contributed by atoms with E-state index in [0.717, 1.165) is 28.7 Å². The summed E-state index contributed by atoms with van der Waals surface area (Å²) >= 11 is 3.50. The van der Waals surface area contributed by atoms with Crippen LogP contribution in [0.3, 0.4) is 0 Å². The van der Waals surface area contributed by atoms with Crippen molar-refractivity contribution in [3.05, 3.63) is 111 Å². The Morgan fingerprint density at radius 3 is 2.23 bits per heavy atom. The average molecular weight is 496 g/mol. The SMILES string of the molecule is Cl.[C-]#[N+]c1ccc(CC(=O)c2cccc(CN(Cc3ccc(Br)cc3)C3CC3)c2)cc1.